The van der Waals surface area contributed by atoms with Gasteiger partial charge >= 0.3 is 0 Å². The van der Waals surface area contributed by atoms with Crippen LogP contribution in [0.5, 0.6) is 0 Å². The molecule has 15 heavy (non-hydrogen) atoms. The van der Waals surface area contributed by atoms with Crippen LogP contribution in [0.4, 0.5) is 0 Å². The normalized spacial score (nSPS) is 10.5. The first-order valence-electron chi connectivity index (χ1n) is 5.47. The van der Waals surface area contributed by atoms with E-state index < -0.39 is 0 Å². The molecule has 0 unspecified atom stereocenters. The maximum absolute atomic E-state index is 4.03. The third-order valence-corrected chi connectivity index (χ3v) is 2.56. The summed E-state index contributed by atoms with van der Waals surface area (Å²) in [5.41, 5.74) is 2.59. The Bertz CT molecular complexity index is 387. The third-order valence-electron chi connectivity index (χ3n) is 2.56. The molecule has 2 heteroatoms. The molecule has 78 valence electrons. The highest BCUT2D eigenvalue weighted by Gasteiger charge is 1.95. The van der Waals surface area contributed by atoms with Crippen LogP contribution in [0.1, 0.15) is 25.3 Å². The minimum absolute atomic E-state index is 1.17. The number of aromatic nitrogens is 2. The van der Waals surface area contributed by atoms with E-state index in [0.717, 1.165) is 0 Å². The van der Waals surface area contributed by atoms with Gasteiger partial charge in [0.05, 0.1) is 6.33 Å². The number of imidazole rings is 1. The van der Waals surface area contributed by atoms with E-state index in [-0.39, 0.29) is 0 Å². The zero-order valence-electron chi connectivity index (χ0n) is 9.06. The van der Waals surface area contributed by atoms with E-state index in [9.17, 15) is 0 Å². The largest absolute Gasteiger partial charge is 0.306 e. The van der Waals surface area contributed by atoms with Crippen molar-refractivity contribution in [2.24, 2.45) is 0 Å². The average molecular weight is 200 g/mol. The highest BCUT2D eigenvalue weighted by molar-refractivity contribution is 5.34. The Balaban J connectivity index is 2.11. The van der Waals surface area contributed by atoms with E-state index in [0.29, 0.717) is 0 Å². The molecular weight excluding hydrogens is 184 g/mol. The van der Waals surface area contributed by atoms with Gasteiger partial charge in [0.15, 0.2) is 0 Å². The molecule has 0 saturated heterocycles. The van der Waals surface area contributed by atoms with Crippen molar-refractivity contribution in [2.45, 2.75) is 26.2 Å². The van der Waals surface area contributed by atoms with Crippen molar-refractivity contribution in [2.75, 3.05) is 0 Å². The summed E-state index contributed by atoms with van der Waals surface area (Å²) in [6.45, 7) is 2.22. The fraction of sp³-hybridized carbons (Fsp3) is 0.308. The Morgan fingerprint density at radius 1 is 1.20 bits per heavy atom. The summed E-state index contributed by atoms with van der Waals surface area (Å²) in [6, 6.07) is 8.69. The summed E-state index contributed by atoms with van der Waals surface area (Å²) in [5.74, 6) is 0. The predicted octanol–water partition coefficient (Wildman–Crippen LogP) is 3.21. The standard InChI is InChI=1S/C13H16N2/c1-2-3-4-12-5-7-13(8-6-12)15-10-9-14-11-15/h5-11H,2-4H2,1H3. The molecular formula is C13H16N2. The minimum atomic E-state index is 1.17. The van der Waals surface area contributed by atoms with Gasteiger partial charge in [-0.1, -0.05) is 25.5 Å². The van der Waals surface area contributed by atoms with Gasteiger partial charge in [-0.05, 0) is 30.5 Å². The quantitative estimate of drug-likeness (QED) is 0.741. The number of unbranched alkanes of at least 4 members (excludes halogenated alkanes) is 1. The zero-order chi connectivity index (χ0) is 10.5. The molecule has 2 aromatic rings. The molecule has 1 aromatic heterocycles. The van der Waals surface area contributed by atoms with E-state index >= 15 is 0 Å². The average Bonchev–Trinajstić information content (AvgIpc) is 2.80. The van der Waals surface area contributed by atoms with Crippen molar-refractivity contribution in [3.8, 4) is 5.69 Å². The number of aryl methyl sites for hydroxylation is 1. The van der Waals surface area contributed by atoms with Gasteiger partial charge in [-0.15, -0.1) is 0 Å². The topological polar surface area (TPSA) is 17.8 Å². The van der Waals surface area contributed by atoms with E-state index in [1.807, 2.05) is 17.1 Å². The molecule has 2 nitrogen and oxygen atoms in total. The SMILES string of the molecule is CCCCc1ccc(-n2ccnc2)cc1. The van der Waals surface area contributed by atoms with Crippen molar-refractivity contribution >= 4 is 0 Å². The van der Waals surface area contributed by atoms with E-state index in [1.54, 1.807) is 6.20 Å². The second-order valence-corrected chi connectivity index (χ2v) is 3.74. The Labute approximate surface area is 90.6 Å². The van der Waals surface area contributed by atoms with Gasteiger partial charge in [-0.25, -0.2) is 4.98 Å². The highest BCUT2D eigenvalue weighted by atomic mass is 15.0. The minimum Gasteiger partial charge on any atom is -0.306 e. The Kier molecular flexibility index (Phi) is 3.18. The van der Waals surface area contributed by atoms with Crippen LogP contribution in [0, 0.1) is 0 Å². The lowest BCUT2D eigenvalue weighted by molar-refractivity contribution is 0.795. The second kappa shape index (κ2) is 4.78. The van der Waals surface area contributed by atoms with Gasteiger partial charge in [-0.2, -0.15) is 0 Å². The van der Waals surface area contributed by atoms with Gasteiger partial charge in [-0.3, -0.25) is 0 Å². The van der Waals surface area contributed by atoms with Gasteiger partial charge in [0.25, 0.3) is 0 Å². The van der Waals surface area contributed by atoms with Crippen molar-refractivity contribution in [3.63, 3.8) is 0 Å². The molecule has 0 fully saturated rings. The maximum Gasteiger partial charge on any atom is 0.0991 e. The molecule has 1 heterocycles. The third kappa shape index (κ3) is 2.46. The van der Waals surface area contributed by atoms with Crippen molar-refractivity contribution in [3.05, 3.63) is 48.5 Å². The molecule has 0 aliphatic rings. The second-order valence-electron chi connectivity index (χ2n) is 3.74. The summed E-state index contributed by atoms with van der Waals surface area (Å²) < 4.78 is 2.02. The first-order valence-corrected chi connectivity index (χ1v) is 5.47. The molecule has 0 amide bonds. The smallest absolute Gasteiger partial charge is 0.0991 e. The van der Waals surface area contributed by atoms with Crippen LogP contribution >= 0.6 is 0 Å². The molecule has 0 aliphatic carbocycles. The van der Waals surface area contributed by atoms with Crippen LogP contribution in [-0.2, 0) is 6.42 Å². The molecule has 0 atom stereocenters. The van der Waals surface area contributed by atoms with Gasteiger partial charge in [0.2, 0.25) is 0 Å². The number of hydrogen-bond donors (Lipinski definition) is 0. The van der Waals surface area contributed by atoms with Crippen LogP contribution in [-0.4, -0.2) is 9.55 Å². The fourth-order valence-corrected chi connectivity index (χ4v) is 1.63. The summed E-state index contributed by atoms with van der Waals surface area (Å²) in [6.07, 6.45) is 9.28. The van der Waals surface area contributed by atoms with Crippen LogP contribution < -0.4 is 0 Å². The molecule has 0 saturated carbocycles. The molecule has 0 aliphatic heterocycles. The zero-order valence-corrected chi connectivity index (χ0v) is 9.06. The summed E-state index contributed by atoms with van der Waals surface area (Å²) in [7, 11) is 0. The highest BCUT2D eigenvalue weighted by Crippen LogP contribution is 2.11. The van der Waals surface area contributed by atoms with Gasteiger partial charge in [0, 0.05) is 18.1 Å². The number of nitrogens with zero attached hydrogens (tertiary/aromatic N) is 2. The Hall–Kier alpha value is -1.57. The molecule has 0 N–H and O–H groups in total. The van der Waals surface area contributed by atoms with Gasteiger partial charge in [0.1, 0.15) is 0 Å². The molecule has 1 aromatic carbocycles. The summed E-state index contributed by atoms with van der Waals surface area (Å²) in [4.78, 5) is 4.03. The number of benzene rings is 1. The first kappa shape index (κ1) is 9.97. The Morgan fingerprint density at radius 2 is 2.00 bits per heavy atom. The fourth-order valence-electron chi connectivity index (χ4n) is 1.63. The van der Waals surface area contributed by atoms with E-state index in [2.05, 4.69) is 36.2 Å². The summed E-state index contributed by atoms with van der Waals surface area (Å²) >= 11 is 0. The van der Waals surface area contributed by atoms with Crippen molar-refractivity contribution < 1.29 is 0 Å². The van der Waals surface area contributed by atoms with E-state index in [4.69, 9.17) is 0 Å². The van der Waals surface area contributed by atoms with Crippen LogP contribution in [0.3, 0.4) is 0 Å². The lowest BCUT2D eigenvalue weighted by Gasteiger charge is -2.04. The Morgan fingerprint density at radius 3 is 2.60 bits per heavy atom. The monoisotopic (exact) mass is 200 g/mol. The maximum atomic E-state index is 4.03. The molecule has 0 radical (unpaired) electrons. The number of hydrogen-bond acceptors (Lipinski definition) is 1. The lowest BCUT2D eigenvalue weighted by Crippen LogP contribution is -1.91. The van der Waals surface area contributed by atoms with E-state index in [1.165, 1.54) is 30.5 Å². The van der Waals surface area contributed by atoms with Crippen molar-refractivity contribution in [1.82, 2.24) is 9.55 Å². The molecule has 0 bridgehead atoms. The molecule has 0 spiro atoms. The summed E-state index contributed by atoms with van der Waals surface area (Å²) in [5, 5.41) is 0. The predicted molar refractivity (Wildman–Crippen MR) is 62.2 cm³/mol. The lowest BCUT2D eigenvalue weighted by atomic mass is 10.1. The first-order chi connectivity index (χ1) is 7.40. The van der Waals surface area contributed by atoms with Crippen molar-refractivity contribution in [1.29, 1.82) is 0 Å². The molecule has 2 rings (SSSR count). The van der Waals surface area contributed by atoms with Gasteiger partial charge < -0.3 is 4.57 Å². The van der Waals surface area contributed by atoms with Crippen LogP contribution in [0.25, 0.3) is 5.69 Å². The van der Waals surface area contributed by atoms with Crippen LogP contribution in [0.2, 0.25) is 0 Å². The van der Waals surface area contributed by atoms with Crippen LogP contribution in [0.15, 0.2) is 43.0 Å². The number of rotatable bonds is 4.